The molecule has 1 fully saturated rings. The molecule has 2 atom stereocenters. The van der Waals surface area contributed by atoms with E-state index in [1.807, 2.05) is 0 Å². The minimum Gasteiger partial charge on any atom is -0.493 e. The van der Waals surface area contributed by atoms with Gasteiger partial charge in [-0.15, -0.1) is 0 Å². The number of rotatable bonds is 9. The zero-order valence-electron chi connectivity index (χ0n) is 18.3. The first-order chi connectivity index (χ1) is 14.5. The van der Waals surface area contributed by atoms with Gasteiger partial charge in [-0.25, -0.2) is 0 Å². The molecule has 0 saturated carbocycles. The topological polar surface area (TPSA) is 58.8 Å². The van der Waals surface area contributed by atoms with Gasteiger partial charge in [0.15, 0.2) is 0 Å². The van der Waals surface area contributed by atoms with Crippen LogP contribution in [0.4, 0.5) is 11.4 Å². The number of unbranched alkanes of at least 4 members (excludes halogenated alkanes) is 1. The van der Waals surface area contributed by atoms with Crippen LogP contribution in [0.15, 0.2) is 48.5 Å². The lowest BCUT2D eigenvalue weighted by atomic mass is 9.80. The Bertz CT molecular complexity index is 805. The van der Waals surface area contributed by atoms with Gasteiger partial charge in [-0.3, -0.25) is 10.1 Å². The number of hydrogen-bond donors (Lipinski definition) is 0. The van der Waals surface area contributed by atoms with Gasteiger partial charge in [0, 0.05) is 44.4 Å². The van der Waals surface area contributed by atoms with Crippen molar-refractivity contribution >= 4 is 11.4 Å². The number of ether oxygens (including phenoxy) is 1. The maximum absolute atomic E-state index is 10.9. The quantitative estimate of drug-likeness (QED) is 0.432. The maximum atomic E-state index is 10.9. The van der Waals surface area contributed by atoms with E-state index in [-0.39, 0.29) is 10.6 Å². The van der Waals surface area contributed by atoms with Crippen LogP contribution in [0, 0.1) is 16.0 Å². The van der Waals surface area contributed by atoms with Gasteiger partial charge in [-0.05, 0) is 61.7 Å². The molecule has 162 valence electrons. The first-order valence-corrected chi connectivity index (χ1v) is 10.8. The molecule has 0 spiro atoms. The lowest BCUT2D eigenvalue weighted by Crippen LogP contribution is -2.42. The Morgan fingerprint density at radius 1 is 1.13 bits per heavy atom. The molecule has 0 N–H and O–H groups in total. The summed E-state index contributed by atoms with van der Waals surface area (Å²) in [6, 6.07) is 15.3. The van der Waals surface area contributed by atoms with Crippen molar-refractivity contribution in [3.63, 3.8) is 0 Å². The van der Waals surface area contributed by atoms with E-state index < -0.39 is 0 Å². The lowest BCUT2D eigenvalue weighted by Gasteiger charge is -2.39. The van der Waals surface area contributed by atoms with E-state index in [1.54, 1.807) is 12.1 Å². The molecular weight excluding hydrogens is 378 g/mol. The van der Waals surface area contributed by atoms with E-state index in [9.17, 15) is 10.1 Å². The van der Waals surface area contributed by atoms with Gasteiger partial charge >= 0.3 is 0 Å². The van der Waals surface area contributed by atoms with E-state index in [2.05, 4.69) is 55.1 Å². The van der Waals surface area contributed by atoms with E-state index in [0.29, 0.717) is 24.2 Å². The molecule has 0 bridgehead atoms. The molecule has 6 heteroatoms. The van der Waals surface area contributed by atoms with Gasteiger partial charge in [-0.1, -0.05) is 25.5 Å². The molecule has 2 aromatic rings. The molecule has 1 heterocycles. The zero-order valence-corrected chi connectivity index (χ0v) is 18.3. The summed E-state index contributed by atoms with van der Waals surface area (Å²) in [6.07, 6.45) is 3.55. The van der Waals surface area contributed by atoms with Crippen LogP contribution in [0.2, 0.25) is 0 Å². The summed E-state index contributed by atoms with van der Waals surface area (Å²) in [5.41, 5.74) is 2.66. The van der Waals surface area contributed by atoms with Crippen molar-refractivity contribution in [2.45, 2.75) is 32.1 Å². The van der Waals surface area contributed by atoms with Crippen LogP contribution < -0.4 is 9.64 Å². The number of nitro benzene ring substituents is 1. The van der Waals surface area contributed by atoms with E-state index in [0.717, 1.165) is 26.1 Å². The smallest absolute Gasteiger partial charge is 0.269 e. The summed E-state index contributed by atoms with van der Waals surface area (Å²) in [5.74, 6) is 1.53. The highest BCUT2D eigenvalue weighted by Crippen LogP contribution is 2.34. The SMILES string of the molecule is CCCCN1CC[C@@H](c2ccc(N(C)C)cc2)[C@H](COc2ccc([N+](=O)[O-])cc2)C1. The van der Waals surface area contributed by atoms with Crippen molar-refractivity contribution < 1.29 is 9.66 Å². The molecule has 0 aromatic heterocycles. The van der Waals surface area contributed by atoms with E-state index in [1.165, 1.54) is 36.2 Å². The second-order valence-corrected chi connectivity index (χ2v) is 8.36. The predicted octanol–water partition coefficient (Wildman–Crippen LogP) is 4.95. The summed E-state index contributed by atoms with van der Waals surface area (Å²) in [6.45, 7) is 6.12. The summed E-state index contributed by atoms with van der Waals surface area (Å²) >= 11 is 0. The van der Waals surface area contributed by atoms with Crippen LogP contribution in [0.1, 0.15) is 37.7 Å². The number of benzene rings is 2. The standard InChI is InChI=1S/C24H33N3O3/c1-4-5-15-26-16-14-24(19-6-8-21(9-7-19)25(2)3)20(17-26)18-30-23-12-10-22(11-13-23)27(28)29/h6-13,20,24H,4-5,14-18H2,1-3H3/t20-,24-/m0/s1. The van der Waals surface area contributed by atoms with Gasteiger partial charge in [0.05, 0.1) is 11.5 Å². The van der Waals surface area contributed by atoms with E-state index in [4.69, 9.17) is 4.74 Å². The molecule has 0 aliphatic carbocycles. The number of likely N-dealkylation sites (tertiary alicyclic amines) is 1. The van der Waals surface area contributed by atoms with Crippen molar-refractivity contribution in [3.05, 3.63) is 64.2 Å². The first-order valence-electron chi connectivity index (χ1n) is 10.8. The minimum absolute atomic E-state index is 0.0876. The van der Waals surface area contributed by atoms with Gasteiger partial charge < -0.3 is 14.5 Å². The fourth-order valence-corrected chi connectivity index (χ4v) is 4.19. The highest BCUT2D eigenvalue weighted by Gasteiger charge is 2.30. The highest BCUT2D eigenvalue weighted by atomic mass is 16.6. The molecule has 1 saturated heterocycles. The maximum Gasteiger partial charge on any atom is 0.269 e. The summed E-state index contributed by atoms with van der Waals surface area (Å²) in [7, 11) is 4.12. The van der Waals surface area contributed by atoms with Gasteiger partial charge in [0.2, 0.25) is 0 Å². The van der Waals surface area contributed by atoms with Crippen molar-refractivity contribution in [3.8, 4) is 5.75 Å². The Labute approximate surface area is 179 Å². The Balaban J connectivity index is 1.71. The Morgan fingerprint density at radius 3 is 2.43 bits per heavy atom. The molecule has 3 rings (SSSR count). The Kier molecular flexibility index (Phi) is 7.69. The number of hydrogen-bond acceptors (Lipinski definition) is 5. The van der Waals surface area contributed by atoms with E-state index >= 15 is 0 Å². The highest BCUT2D eigenvalue weighted by molar-refractivity contribution is 5.46. The molecular formula is C24H33N3O3. The molecule has 2 aromatic carbocycles. The van der Waals surface area contributed by atoms with Gasteiger partial charge in [-0.2, -0.15) is 0 Å². The number of nitro groups is 1. The third-order valence-corrected chi connectivity index (χ3v) is 6.00. The third-order valence-electron chi connectivity index (χ3n) is 6.00. The Morgan fingerprint density at radius 2 is 1.83 bits per heavy atom. The summed E-state index contributed by atoms with van der Waals surface area (Å²) in [5, 5.41) is 10.9. The third kappa shape index (κ3) is 5.72. The summed E-state index contributed by atoms with van der Waals surface area (Å²) in [4.78, 5) is 15.1. The largest absolute Gasteiger partial charge is 0.493 e. The number of anilines is 1. The first kappa shape index (κ1) is 22.1. The summed E-state index contributed by atoms with van der Waals surface area (Å²) < 4.78 is 6.09. The fraction of sp³-hybridized carbons (Fsp3) is 0.500. The average molecular weight is 412 g/mol. The van der Waals surface area contributed by atoms with Crippen LogP contribution in [0.3, 0.4) is 0 Å². The molecule has 30 heavy (non-hydrogen) atoms. The molecule has 0 amide bonds. The number of non-ortho nitro benzene ring substituents is 1. The average Bonchev–Trinajstić information content (AvgIpc) is 2.76. The fourth-order valence-electron chi connectivity index (χ4n) is 4.19. The molecule has 0 unspecified atom stereocenters. The zero-order chi connectivity index (χ0) is 21.5. The molecule has 1 aliphatic rings. The minimum atomic E-state index is -0.385. The van der Waals surface area contributed by atoms with Gasteiger partial charge in [0.1, 0.15) is 5.75 Å². The van der Waals surface area contributed by atoms with Crippen molar-refractivity contribution in [1.82, 2.24) is 4.90 Å². The second-order valence-electron chi connectivity index (χ2n) is 8.36. The second kappa shape index (κ2) is 10.4. The molecule has 0 radical (unpaired) electrons. The predicted molar refractivity (Wildman–Crippen MR) is 122 cm³/mol. The molecule has 6 nitrogen and oxygen atoms in total. The monoisotopic (exact) mass is 411 g/mol. The van der Waals surface area contributed by atoms with Crippen molar-refractivity contribution in [2.24, 2.45) is 5.92 Å². The Hall–Kier alpha value is -2.60. The van der Waals surface area contributed by atoms with Crippen LogP contribution in [0.25, 0.3) is 0 Å². The van der Waals surface area contributed by atoms with Crippen LogP contribution in [0.5, 0.6) is 5.75 Å². The van der Waals surface area contributed by atoms with Crippen LogP contribution >= 0.6 is 0 Å². The van der Waals surface area contributed by atoms with Crippen molar-refractivity contribution in [1.29, 1.82) is 0 Å². The molecule has 1 aliphatic heterocycles. The number of piperidine rings is 1. The van der Waals surface area contributed by atoms with Crippen molar-refractivity contribution in [2.75, 3.05) is 45.2 Å². The van der Waals surface area contributed by atoms with Crippen LogP contribution in [-0.4, -0.2) is 50.2 Å². The van der Waals surface area contributed by atoms with Crippen LogP contribution in [-0.2, 0) is 0 Å². The number of nitrogens with zero attached hydrogens (tertiary/aromatic N) is 3. The normalized spacial score (nSPS) is 19.4. The van der Waals surface area contributed by atoms with Gasteiger partial charge in [0.25, 0.3) is 5.69 Å². The lowest BCUT2D eigenvalue weighted by molar-refractivity contribution is -0.384.